The Morgan fingerprint density at radius 2 is 1.80 bits per heavy atom. The zero-order chi connectivity index (χ0) is 31.2. The lowest BCUT2D eigenvalue weighted by molar-refractivity contribution is -0.116. The van der Waals surface area contributed by atoms with Gasteiger partial charge in [0.05, 0.1) is 25.0 Å². The Morgan fingerprint density at radius 1 is 1.02 bits per heavy atom. The molecule has 2 aromatic carbocycles. The van der Waals surface area contributed by atoms with Gasteiger partial charge in [-0.2, -0.15) is 4.68 Å². The number of carbonyl (C=O) groups is 1. The first-order valence-electron chi connectivity index (χ1n) is 15.5. The number of benzene rings is 2. The van der Waals surface area contributed by atoms with E-state index >= 15 is 0 Å². The summed E-state index contributed by atoms with van der Waals surface area (Å²) in [6.07, 6.45) is 6.98. The molecule has 2 saturated heterocycles. The van der Waals surface area contributed by atoms with Crippen molar-refractivity contribution in [3.8, 4) is 11.3 Å². The molecule has 4 heterocycles. The molecule has 2 aliphatic heterocycles. The Balaban J connectivity index is 0.999. The van der Waals surface area contributed by atoms with Crippen LogP contribution in [-0.4, -0.2) is 53.3 Å². The average Bonchev–Trinajstić information content (AvgIpc) is 3.07. The Labute approximate surface area is 261 Å². The van der Waals surface area contributed by atoms with Crippen molar-refractivity contribution in [1.82, 2.24) is 14.6 Å². The quantitative estimate of drug-likeness (QED) is 0.260. The maximum Gasteiger partial charge on any atom is 0.273 e. The largest absolute Gasteiger partial charge is 0.372 e. The van der Waals surface area contributed by atoms with Crippen LogP contribution in [0.1, 0.15) is 43.8 Å². The van der Waals surface area contributed by atoms with E-state index < -0.39 is 11.4 Å². The van der Waals surface area contributed by atoms with Gasteiger partial charge >= 0.3 is 0 Å². The SMILES string of the molecule is Nn1c(N2CCO[C@@H](c3ccc(NC(=O)CCCC4CCN(c5ccccc5)CC4)cc3)C2)nc(-c2ccncc2F)cc1=O. The first-order valence-corrected chi connectivity index (χ1v) is 15.5. The lowest BCUT2D eigenvalue weighted by Crippen LogP contribution is -2.43. The smallest absolute Gasteiger partial charge is 0.273 e. The summed E-state index contributed by atoms with van der Waals surface area (Å²) >= 11 is 0. The molecular formula is C34H38FN7O3. The number of aromatic nitrogens is 3. The first-order chi connectivity index (χ1) is 21.9. The van der Waals surface area contributed by atoms with Gasteiger partial charge in [-0.05, 0) is 67.5 Å². The maximum atomic E-state index is 14.4. The second-order valence-electron chi connectivity index (χ2n) is 11.6. The number of piperidine rings is 1. The molecular weight excluding hydrogens is 573 g/mol. The van der Waals surface area contributed by atoms with E-state index in [-0.39, 0.29) is 29.2 Å². The molecule has 11 heteroatoms. The predicted molar refractivity (Wildman–Crippen MR) is 173 cm³/mol. The van der Waals surface area contributed by atoms with Crippen LogP contribution >= 0.6 is 0 Å². The summed E-state index contributed by atoms with van der Waals surface area (Å²) in [6.45, 7) is 3.37. The van der Waals surface area contributed by atoms with Gasteiger partial charge in [0.2, 0.25) is 11.9 Å². The molecule has 0 radical (unpaired) electrons. The van der Waals surface area contributed by atoms with Crippen LogP contribution < -0.4 is 26.5 Å². The third kappa shape index (κ3) is 7.31. The number of hydrogen-bond acceptors (Lipinski definition) is 8. The van der Waals surface area contributed by atoms with Crippen molar-refractivity contribution in [2.45, 2.75) is 38.2 Å². The first kappa shape index (κ1) is 30.3. The topological polar surface area (TPSA) is 119 Å². The Kier molecular flexibility index (Phi) is 9.35. The van der Waals surface area contributed by atoms with Gasteiger partial charge in [-0.25, -0.2) is 9.37 Å². The van der Waals surface area contributed by atoms with Crippen molar-refractivity contribution in [2.75, 3.05) is 53.7 Å². The van der Waals surface area contributed by atoms with Crippen LogP contribution in [0.2, 0.25) is 0 Å². The van der Waals surface area contributed by atoms with Gasteiger partial charge in [0.25, 0.3) is 5.56 Å². The van der Waals surface area contributed by atoms with Crippen LogP contribution in [0.25, 0.3) is 11.3 Å². The number of morpholine rings is 1. The van der Waals surface area contributed by atoms with E-state index in [4.69, 9.17) is 10.6 Å². The van der Waals surface area contributed by atoms with Crippen molar-refractivity contribution in [3.05, 3.63) is 101 Å². The molecule has 0 unspecified atom stereocenters. The second kappa shape index (κ2) is 13.9. The number of nitrogens with zero attached hydrogens (tertiary/aromatic N) is 5. The van der Waals surface area contributed by atoms with Crippen molar-refractivity contribution in [3.63, 3.8) is 0 Å². The number of hydrogen-bond donors (Lipinski definition) is 2. The third-order valence-electron chi connectivity index (χ3n) is 8.65. The fourth-order valence-electron chi connectivity index (χ4n) is 6.13. The van der Waals surface area contributed by atoms with Crippen molar-refractivity contribution in [1.29, 1.82) is 0 Å². The summed E-state index contributed by atoms with van der Waals surface area (Å²) in [5.41, 5.74) is 2.81. The summed E-state index contributed by atoms with van der Waals surface area (Å²) in [6, 6.07) is 20.8. The van der Waals surface area contributed by atoms with Crippen LogP contribution in [0.5, 0.6) is 0 Å². The van der Waals surface area contributed by atoms with Crippen LogP contribution in [0, 0.1) is 11.7 Å². The van der Waals surface area contributed by atoms with Gasteiger partial charge in [-0.15, -0.1) is 0 Å². The number of halogens is 1. The number of nitrogens with two attached hydrogens (primary N) is 1. The Hall–Kier alpha value is -4.77. The second-order valence-corrected chi connectivity index (χ2v) is 11.6. The summed E-state index contributed by atoms with van der Waals surface area (Å²) in [7, 11) is 0. The maximum absolute atomic E-state index is 14.4. The molecule has 0 aliphatic carbocycles. The number of carbonyl (C=O) groups excluding carboxylic acids is 1. The van der Waals surface area contributed by atoms with E-state index in [1.165, 1.54) is 24.0 Å². The van der Waals surface area contributed by atoms with E-state index in [0.717, 1.165) is 60.9 Å². The number of para-hydroxylation sites is 1. The molecule has 2 fully saturated rings. The molecule has 4 aromatic rings. The molecule has 2 aromatic heterocycles. The minimum Gasteiger partial charge on any atom is -0.372 e. The minimum absolute atomic E-state index is 0.0158. The molecule has 3 N–H and O–H groups in total. The molecule has 1 atom stereocenters. The summed E-state index contributed by atoms with van der Waals surface area (Å²) in [4.78, 5) is 37.9. The van der Waals surface area contributed by atoms with Gasteiger partial charge in [-0.3, -0.25) is 14.6 Å². The average molecular weight is 612 g/mol. The minimum atomic E-state index is -0.572. The van der Waals surface area contributed by atoms with Gasteiger partial charge in [0, 0.05) is 55.3 Å². The number of pyridine rings is 1. The zero-order valence-corrected chi connectivity index (χ0v) is 25.1. The fraction of sp³-hybridized carbons (Fsp3) is 0.353. The molecule has 0 saturated carbocycles. The van der Waals surface area contributed by atoms with Gasteiger partial charge in [-0.1, -0.05) is 30.3 Å². The Morgan fingerprint density at radius 3 is 2.56 bits per heavy atom. The number of nitrogen functional groups attached to an aromatic ring is 1. The Bertz CT molecular complexity index is 1660. The zero-order valence-electron chi connectivity index (χ0n) is 25.1. The molecule has 1 amide bonds. The van der Waals surface area contributed by atoms with Crippen LogP contribution in [0.15, 0.2) is 83.9 Å². The summed E-state index contributed by atoms with van der Waals surface area (Å²) in [5.74, 6) is 6.40. The van der Waals surface area contributed by atoms with E-state index in [2.05, 4.69) is 44.5 Å². The van der Waals surface area contributed by atoms with Crippen LogP contribution in [0.3, 0.4) is 0 Å². The monoisotopic (exact) mass is 611 g/mol. The standard InChI is InChI=1S/C34H38FN7O3/c35-29-22-37-16-13-28(29)30-21-33(44)42(36)34(39-30)41-19-20-45-31(23-41)25-9-11-26(12-10-25)38-32(43)8-4-5-24-14-17-40(18-15-24)27-6-2-1-3-7-27/h1-3,6-7,9-13,16,21-22,24,31H,4-5,8,14-15,17-20,23,36H2,(H,38,43)/t31-/m1/s1. The summed E-state index contributed by atoms with van der Waals surface area (Å²) < 4.78 is 21.4. The molecule has 10 nitrogen and oxygen atoms in total. The summed E-state index contributed by atoms with van der Waals surface area (Å²) in [5, 5.41) is 3.01. The predicted octanol–water partition coefficient (Wildman–Crippen LogP) is 4.76. The number of amides is 1. The molecule has 6 rings (SSSR count). The molecule has 0 bridgehead atoms. The normalized spacial score (nSPS) is 17.3. The molecule has 45 heavy (non-hydrogen) atoms. The number of nitrogens with one attached hydrogen (secondary N) is 1. The molecule has 234 valence electrons. The number of anilines is 3. The lowest BCUT2D eigenvalue weighted by Gasteiger charge is -2.34. The fourth-order valence-corrected chi connectivity index (χ4v) is 6.13. The van der Waals surface area contributed by atoms with Crippen molar-refractivity contribution < 1.29 is 13.9 Å². The van der Waals surface area contributed by atoms with E-state index in [1.54, 1.807) is 0 Å². The molecule has 2 aliphatic rings. The molecule has 0 spiro atoms. The number of ether oxygens (including phenoxy) is 1. The van der Waals surface area contributed by atoms with Gasteiger partial charge in [0.15, 0.2) is 5.82 Å². The van der Waals surface area contributed by atoms with E-state index in [9.17, 15) is 14.0 Å². The van der Waals surface area contributed by atoms with Crippen LogP contribution in [0.4, 0.5) is 21.7 Å². The third-order valence-corrected chi connectivity index (χ3v) is 8.65. The van der Waals surface area contributed by atoms with Gasteiger partial charge in [0.1, 0.15) is 6.10 Å². The number of rotatable bonds is 9. The van der Waals surface area contributed by atoms with Crippen molar-refractivity contribution in [2.24, 2.45) is 5.92 Å². The highest BCUT2D eigenvalue weighted by Gasteiger charge is 2.26. The van der Waals surface area contributed by atoms with Crippen LogP contribution in [-0.2, 0) is 9.53 Å². The van der Waals surface area contributed by atoms with Gasteiger partial charge < -0.3 is 25.7 Å². The van der Waals surface area contributed by atoms with Crippen molar-refractivity contribution >= 4 is 23.2 Å². The van der Waals surface area contributed by atoms with E-state index in [1.807, 2.05) is 35.2 Å². The highest BCUT2D eigenvalue weighted by Crippen LogP contribution is 2.28. The highest BCUT2D eigenvalue weighted by molar-refractivity contribution is 5.90. The highest BCUT2D eigenvalue weighted by atomic mass is 19.1. The van der Waals surface area contributed by atoms with E-state index in [0.29, 0.717) is 32.0 Å². The lowest BCUT2D eigenvalue weighted by atomic mass is 9.91.